The molecule has 3 aromatic carbocycles. The Morgan fingerprint density at radius 1 is 0.733 bits per heavy atom. The number of carbonyl (C=O) groups is 3. The van der Waals surface area contributed by atoms with Crippen molar-refractivity contribution in [2.24, 2.45) is 5.92 Å². The summed E-state index contributed by atoms with van der Waals surface area (Å²) in [7, 11) is 0. The van der Waals surface area contributed by atoms with Crippen LogP contribution in [0.2, 0.25) is 0 Å². The average molecular weight is 426 g/mol. The molecule has 3 rings (SSSR count). The predicted octanol–water partition coefficient (Wildman–Crippen LogP) is 5.44. The number of hydrogen-bond donors (Lipinski definition) is 0. The summed E-state index contributed by atoms with van der Waals surface area (Å²) in [6, 6.07) is 13.8. The first-order valence-electron chi connectivity index (χ1n) is 8.57. The van der Waals surface area contributed by atoms with Crippen molar-refractivity contribution in [1.29, 1.82) is 0 Å². The van der Waals surface area contributed by atoms with Gasteiger partial charge in [0.2, 0.25) is 11.6 Å². The van der Waals surface area contributed by atoms with Crippen LogP contribution >= 0.6 is 0 Å². The zero-order chi connectivity index (χ0) is 22.3. The van der Waals surface area contributed by atoms with Crippen LogP contribution in [0.5, 0.6) is 0 Å². The molecule has 0 saturated carbocycles. The summed E-state index contributed by atoms with van der Waals surface area (Å²) in [6.07, 6.45) is -13.0. The van der Waals surface area contributed by atoms with E-state index in [9.17, 15) is 40.7 Å². The van der Waals surface area contributed by atoms with Crippen LogP contribution in [0.1, 0.15) is 16.8 Å². The standard InChI is InChI=1S/C21H12F6O3/c22-20(23,24)16(28)10-15(19(30)21(25,26)27)18(29)17-13-7-3-1-5-11(13)9-12-6-2-4-8-14(12)17/h1-9,15H,10H2. The van der Waals surface area contributed by atoms with Crippen molar-refractivity contribution in [3.63, 3.8) is 0 Å². The number of halogens is 6. The Hall–Kier alpha value is -3.23. The lowest BCUT2D eigenvalue weighted by atomic mass is 9.84. The molecule has 0 amide bonds. The lowest BCUT2D eigenvalue weighted by Crippen LogP contribution is -2.39. The van der Waals surface area contributed by atoms with E-state index in [1.807, 2.05) is 0 Å². The van der Waals surface area contributed by atoms with Gasteiger partial charge in [-0.05, 0) is 27.6 Å². The average Bonchev–Trinajstić information content (AvgIpc) is 2.67. The summed E-state index contributed by atoms with van der Waals surface area (Å²) in [6.45, 7) is 0. The van der Waals surface area contributed by atoms with Gasteiger partial charge in [-0.2, -0.15) is 26.3 Å². The molecule has 0 spiro atoms. The fraction of sp³-hybridized carbons (Fsp3) is 0.190. The van der Waals surface area contributed by atoms with Crippen LogP contribution in [0, 0.1) is 5.92 Å². The zero-order valence-corrected chi connectivity index (χ0v) is 15.0. The van der Waals surface area contributed by atoms with Crippen LogP contribution in [0.15, 0.2) is 54.6 Å². The highest BCUT2D eigenvalue weighted by molar-refractivity contribution is 6.25. The van der Waals surface area contributed by atoms with Gasteiger partial charge in [0.25, 0.3) is 0 Å². The maximum absolute atomic E-state index is 13.1. The monoisotopic (exact) mass is 426 g/mol. The van der Waals surface area contributed by atoms with E-state index < -0.39 is 42.0 Å². The van der Waals surface area contributed by atoms with Crippen molar-refractivity contribution >= 4 is 38.9 Å². The van der Waals surface area contributed by atoms with E-state index in [2.05, 4.69) is 0 Å². The van der Waals surface area contributed by atoms with Gasteiger partial charge in [0.05, 0.1) is 5.92 Å². The fourth-order valence-corrected chi connectivity index (χ4v) is 3.26. The molecule has 1 unspecified atom stereocenters. The van der Waals surface area contributed by atoms with Crippen molar-refractivity contribution < 1.29 is 40.7 Å². The summed E-state index contributed by atoms with van der Waals surface area (Å²) >= 11 is 0. The van der Waals surface area contributed by atoms with Crippen molar-refractivity contribution in [3.05, 3.63) is 60.2 Å². The smallest absolute Gasteiger partial charge is 0.293 e. The van der Waals surface area contributed by atoms with E-state index in [0.717, 1.165) is 0 Å². The molecule has 9 heteroatoms. The predicted molar refractivity (Wildman–Crippen MR) is 96.0 cm³/mol. The summed E-state index contributed by atoms with van der Waals surface area (Å²) in [5.74, 6) is -9.60. The number of ketones is 3. The SMILES string of the molecule is O=C(c1c2ccccc2cc2ccccc12)C(CC(=O)C(F)(F)F)C(=O)C(F)(F)F. The minimum absolute atomic E-state index is 0.167. The van der Waals surface area contributed by atoms with Crippen LogP contribution in [-0.4, -0.2) is 29.7 Å². The van der Waals surface area contributed by atoms with E-state index in [4.69, 9.17) is 0 Å². The van der Waals surface area contributed by atoms with Gasteiger partial charge in [-0.15, -0.1) is 0 Å². The Morgan fingerprint density at radius 3 is 1.63 bits per heavy atom. The van der Waals surface area contributed by atoms with Gasteiger partial charge in [0, 0.05) is 12.0 Å². The third-order valence-electron chi connectivity index (χ3n) is 4.64. The van der Waals surface area contributed by atoms with Crippen LogP contribution in [-0.2, 0) is 9.59 Å². The number of hydrogen-bond acceptors (Lipinski definition) is 3. The van der Waals surface area contributed by atoms with E-state index in [0.29, 0.717) is 10.8 Å². The molecule has 0 aliphatic rings. The van der Waals surface area contributed by atoms with Gasteiger partial charge < -0.3 is 0 Å². The highest BCUT2D eigenvalue weighted by atomic mass is 19.4. The van der Waals surface area contributed by atoms with Gasteiger partial charge >= 0.3 is 12.4 Å². The molecule has 3 nitrogen and oxygen atoms in total. The van der Waals surface area contributed by atoms with Gasteiger partial charge in [0.1, 0.15) is 0 Å². The molecule has 30 heavy (non-hydrogen) atoms. The third-order valence-corrected chi connectivity index (χ3v) is 4.64. The Morgan fingerprint density at radius 2 is 1.20 bits per heavy atom. The molecule has 156 valence electrons. The summed E-state index contributed by atoms with van der Waals surface area (Å²) in [5, 5.41) is 1.22. The molecule has 1 atom stereocenters. The fourth-order valence-electron chi connectivity index (χ4n) is 3.26. The quantitative estimate of drug-likeness (QED) is 0.236. The Balaban J connectivity index is 2.24. The number of carbonyl (C=O) groups excluding carboxylic acids is 3. The molecule has 0 heterocycles. The lowest BCUT2D eigenvalue weighted by molar-refractivity contribution is -0.179. The molecular formula is C21H12F6O3. The van der Waals surface area contributed by atoms with Crippen molar-refractivity contribution in [1.82, 2.24) is 0 Å². The number of Topliss-reactive ketones (excluding diaryl/α,β-unsaturated/α-hetero) is 3. The number of alkyl halides is 6. The van der Waals surface area contributed by atoms with Crippen molar-refractivity contribution in [2.75, 3.05) is 0 Å². The summed E-state index contributed by atoms with van der Waals surface area (Å²) < 4.78 is 77.2. The highest BCUT2D eigenvalue weighted by Gasteiger charge is 2.50. The molecular weight excluding hydrogens is 414 g/mol. The van der Waals surface area contributed by atoms with Crippen molar-refractivity contribution in [2.45, 2.75) is 18.8 Å². The highest BCUT2D eigenvalue weighted by Crippen LogP contribution is 2.34. The van der Waals surface area contributed by atoms with E-state index in [1.165, 1.54) is 24.3 Å². The third kappa shape index (κ3) is 4.05. The lowest BCUT2D eigenvalue weighted by Gasteiger charge is -2.19. The topological polar surface area (TPSA) is 51.2 Å². The molecule has 0 aliphatic carbocycles. The molecule has 0 aromatic heterocycles. The second kappa shape index (κ2) is 7.55. The van der Waals surface area contributed by atoms with Crippen LogP contribution in [0.4, 0.5) is 26.3 Å². The second-order valence-electron chi connectivity index (χ2n) is 6.60. The number of rotatable bonds is 5. The first-order valence-corrected chi connectivity index (χ1v) is 8.57. The maximum atomic E-state index is 13.1. The first kappa shape index (κ1) is 21.5. The van der Waals surface area contributed by atoms with E-state index in [-0.39, 0.29) is 16.3 Å². The molecule has 3 aromatic rings. The van der Waals surface area contributed by atoms with Gasteiger partial charge in [-0.3, -0.25) is 14.4 Å². The summed E-state index contributed by atoms with van der Waals surface area (Å²) in [4.78, 5) is 36.3. The van der Waals surface area contributed by atoms with Crippen molar-refractivity contribution in [3.8, 4) is 0 Å². The van der Waals surface area contributed by atoms with Gasteiger partial charge in [0.15, 0.2) is 5.78 Å². The Labute approximate surface area is 165 Å². The van der Waals surface area contributed by atoms with Crippen LogP contribution in [0.25, 0.3) is 21.5 Å². The first-order chi connectivity index (χ1) is 13.9. The van der Waals surface area contributed by atoms with Gasteiger partial charge in [-0.1, -0.05) is 48.5 Å². The molecule has 0 N–H and O–H groups in total. The molecule has 0 aliphatic heterocycles. The maximum Gasteiger partial charge on any atom is 0.450 e. The van der Waals surface area contributed by atoms with Crippen LogP contribution in [0.3, 0.4) is 0 Å². The number of benzene rings is 3. The minimum Gasteiger partial charge on any atom is -0.293 e. The Bertz CT molecular complexity index is 1110. The normalized spacial score (nSPS) is 13.4. The van der Waals surface area contributed by atoms with Crippen LogP contribution < -0.4 is 0 Å². The Kier molecular flexibility index (Phi) is 5.40. The molecule has 0 radical (unpaired) electrons. The van der Waals surface area contributed by atoms with Gasteiger partial charge in [-0.25, -0.2) is 0 Å². The van der Waals surface area contributed by atoms with E-state index in [1.54, 1.807) is 30.3 Å². The summed E-state index contributed by atoms with van der Waals surface area (Å²) in [5.41, 5.74) is -0.332. The molecule has 0 saturated heterocycles. The molecule has 0 bridgehead atoms. The zero-order valence-electron chi connectivity index (χ0n) is 15.0. The molecule has 0 fully saturated rings. The van der Waals surface area contributed by atoms with E-state index >= 15 is 0 Å². The number of fused-ring (bicyclic) bond motifs is 2. The minimum atomic E-state index is -5.59. The largest absolute Gasteiger partial charge is 0.450 e. The second-order valence-corrected chi connectivity index (χ2v) is 6.60.